The molecule has 0 aliphatic heterocycles. The molecular formula is C11H14N4O3S2. The molecule has 0 aliphatic rings. The Balaban J connectivity index is 2.30. The average Bonchev–Trinajstić information content (AvgIpc) is 2.86. The number of benzene rings is 1. The highest BCUT2D eigenvalue weighted by molar-refractivity contribution is 7.93. The second kappa shape index (κ2) is 5.63. The summed E-state index contributed by atoms with van der Waals surface area (Å²) in [5, 5.41) is 8.63. The van der Waals surface area contributed by atoms with Crippen molar-refractivity contribution in [1.82, 2.24) is 10.2 Å². The average molecular weight is 314 g/mol. The molecule has 0 saturated carbocycles. The molecule has 0 fully saturated rings. The van der Waals surface area contributed by atoms with Gasteiger partial charge in [-0.25, -0.2) is 8.42 Å². The van der Waals surface area contributed by atoms with E-state index in [0.717, 1.165) is 5.01 Å². The quantitative estimate of drug-likeness (QED) is 0.810. The highest BCUT2D eigenvalue weighted by Gasteiger charge is 2.18. The number of aryl methyl sites for hydroxylation is 1. The van der Waals surface area contributed by atoms with Gasteiger partial charge in [0.1, 0.15) is 10.8 Å². The van der Waals surface area contributed by atoms with Gasteiger partial charge in [0.05, 0.1) is 17.7 Å². The van der Waals surface area contributed by atoms with Gasteiger partial charge >= 0.3 is 0 Å². The lowest BCUT2D eigenvalue weighted by Gasteiger charge is -2.08. The first-order chi connectivity index (χ1) is 9.46. The van der Waals surface area contributed by atoms with Crippen molar-refractivity contribution in [2.45, 2.75) is 18.2 Å². The Bertz CT molecular complexity index is 712. The van der Waals surface area contributed by atoms with E-state index in [1.54, 1.807) is 0 Å². The Kier molecular flexibility index (Phi) is 4.09. The van der Waals surface area contributed by atoms with E-state index in [4.69, 9.17) is 10.5 Å². The lowest BCUT2D eigenvalue weighted by atomic mass is 10.3. The fourth-order valence-corrected chi connectivity index (χ4v) is 3.39. The normalized spacial score (nSPS) is 11.3. The van der Waals surface area contributed by atoms with Gasteiger partial charge < -0.3 is 10.5 Å². The van der Waals surface area contributed by atoms with Gasteiger partial charge in [-0.3, -0.25) is 4.72 Å². The number of nitrogens with one attached hydrogen (secondary N) is 1. The summed E-state index contributed by atoms with van der Waals surface area (Å²) >= 11 is 1.20. The molecule has 1 aromatic heterocycles. The summed E-state index contributed by atoms with van der Waals surface area (Å²) in [6, 6.07) is 4.24. The Hall–Kier alpha value is -1.87. The molecule has 0 unspecified atom stereocenters. The van der Waals surface area contributed by atoms with Gasteiger partial charge in [-0.2, -0.15) is 0 Å². The number of anilines is 2. The highest BCUT2D eigenvalue weighted by atomic mass is 32.2. The number of rotatable bonds is 5. The van der Waals surface area contributed by atoms with Crippen molar-refractivity contribution in [3.05, 3.63) is 23.2 Å². The van der Waals surface area contributed by atoms with E-state index in [-0.39, 0.29) is 10.0 Å². The van der Waals surface area contributed by atoms with Crippen LogP contribution in [0.1, 0.15) is 11.9 Å². The van der Waals surface area contributed by atoms with Crippen molar-refractivity contribution in [3.63, 3.8) is 0 Å². The Morgan fingerprint density at radius 1 is 1.40 bits per heavy atom. The number of hydrogen-bond donors (Lipinski definition) is 2. The van der Waals surface area contributed by atoms with E-state index >= 15 is 0 Å². The highest BCUT2D eigenvalue weighted by Crippen LogP contribution is 2.26. The second-order valence-electron chi connectivity index (χ2n) is 3.86. The number of aromatic nitrogens is 2. The molecule has 2 rings (SSSR count). The maximum atomic E-state index is 12.2. The van der Waals surface area contributed by atoms with Crippen LogP contribution >= 0.6 is 11.3 Å². The summed E-state index contributed by atoms with van der Waals surface area (Å²) in [6.45, 7) is 1.92. The number of hydrogen-bond acceptors (Lipinski definition) is 7. The molecule has 9 heteroatoms. The van der Waals surface area contributed by atoms with Crippen LogP contribution in [0.3, 0.4) is 0 Å². The van der Waals surface area contributed by atoms with Crippen LogP contribution in [0.5, 0.6) is 5.75 Å². The standard InChI is InChI=1S/C11H14N4O3S2/c1-3-10-13-14-11(19-10)15-20(16,17)7-4-5-8(12)9(6-7)18-2/h4-6H,3,12H2,1-2H3,(H,14,15). The fraction of sp³-hybridized carbons (Fsp3) is 0.273. The van der Waals surface area contributed by atoms with Gasteiger partial charge in [-0.1, -0.05) is 18.3 Å². The van der Waals surface area contributed by atoms with Crippen molar-refractivity contribution in [3.8, 4) is 5.75 Å². The van der Waals surface area contributed by atoms with Gasteiger partial charge in [-0.05, 0) is 18.6 Å². The Morgan fingerprint density at radius 2 is 2.15 bits per heavy atom. The summed E-state index contributed by atoms with van der Waals surface area (Å²) in [7, 11) is -2.31. The molecule has 0 spiro atoms. The van der Waals surface area contributed by atoms with E-state index in [2.05, 4.69) is 14.9 Å². The molecule has 0 aliphatic carbocycles. The van der Waals surface area contributed by atoms with Crippen LogP contribution in [0.15, 0.2) is 23.1 Å². The van der Waals surface area contributed by atoms with Gasteiger partial charge in [0.2, 0.25) is 5.13 Å². The van der Waals surface area contributed by atoms with Crippen LogP contribution in [-0.2, 0) is 16.4 Å². The molecule has 20 heavy (non-hydrogen) atoms. The first-order valence-electron chi connectivity index (χ1n) is 5.75. The fourth-order valence-electron chi connectivity index (χ4n) is 1.47. The maximum Gasteiger partial charge on any atom is 0.263 e. The molecule has 0 atom stereocenters. The number of sulfonamides is 1. The third-order valence-corrected chi connectivity index (χ3v) is 4.96. The SMILES string of the molecule is CCc1nnc(NS(=O)(=O)c2ccc(N)c(OC)c2)s1. The molecule has 1 heterocycles. The summed E-state index contributed by atoms with van der Waals surface area (Å²) in [5.41, 5.74) is 6.03. The maximum absolute atomic E-state index is 12.2. The molecule has 0 bridgehead atoms. The zero-order chi connectivity index (χ0) is 14.8. The second-order valence-corrected chi connectivity index (χ2v) is 6.61. The molecule has 3 N–H and O–H groups in total. The van der Waals surface area contributed by atoms with Crippen molar-refractivity contribution in [1.29, 1.82) is 0 Å². The van der Waals surface area contributed by atoms with E-state index in [0.29, 0.717) is 17.9 Å². The van der Waals surface area contributed by atoms with E-state index in [1.807, 2.05) is 6.92 Å². The Morgan fingerprint density at radius 3 is 2.75 bits per heavy atom. The number of ether oxygens (including phenoxy) is 1. The van der Waals surface area contributed by atoms with Gasteiger partial charge in [0.25, 0.3) is 10.0 Å². The monoisotopic (exact) mass is 314 g/mol. The molecule has 2 aromatic rings. The third-order valence-electron chi connectivity index (χ3n) is 2.51. The van der Waals surface area contributed by atoms with Gasteiger partial charge in [-0.15, -0.1) is 10.2 Å². The van der Waals surface area contributed by atoms with Crippen molar-refractivity contribution >= 4 is 32.2 Å². The van der Waals surface area contributed by atoms with Crippen LogP contribution in [0, 0.1) is 0 Å². The summed E-state index contributed by atoms with van der Waals surface area (Å²) in [6.07, 6.45) is 0.703. The molecular weight excluding hydrogens is 300 g/mol. The topological polar surface area (TPSA) is 107 Å². The van der Waals surface area contributed by atoms with Gasteiger partial charge in [0.15, 0.2) is 0 Å². The first-order valence-corrected chi connectivity index (χ1v) is 8.05. The molecule has 108 valence electrons. The number of methoxy groups -OCH3 is 1. The van der Waals surface area contributed by atoms with Crippen LogP contribution in [0.4, 0.5) is 10.8 Å². The van der Waals surface area contributed by atoms with Crippen LogP contribution in [0.25, 0.3) is 0 Å². The van der Waals surface area contributed by atoms with Crippen molar-refractivity contribution < 1.29 is 13.2 Å². The molecule has 0 radical (unpaired) electrons. The van der Waals surface area contributed by atoms with Crippen LogP contribution in [-0.4, -0.2) is 25.7 Å². The predicted octanol–water partition coefficient (Wildman–Crippen LogP) is 1.49. The molecule has 1 aromatic carbocycles. The molecule has 7 nitrogen and oxygen atoms in total. The van der Waals surface area contributed by atoms with Crippen molar-refractivity contribution in [2.24, 2.45) is 0 Å². The number of nitrogen functional groups attached to an aromatic ring is 1. The smallest absolute Gasteiger partial charge is 0.263 e. The number of nitrogens with two attached hydrogens (primary N) is 1. The molecule has 0 amide bonds. The minimum absolute atomic E-state index is 0.0526. The van der Waals surface area contributed by atoms with Crippen molar-refractivity contribution in [2.75, 3.05) is 17.6 Å². The first kappa shape index (κ1) is 14.5. The minimum atomic E-state index is -3.74. The largest absolute Gasteiger partial charge is 0.495 e. The van der Waals surface area contributed by atoms with Gasteiger partial charge in [0, 0.05) is 6.07 Å². The summed E-state index contributed by atoms with van der Waals surface area (Å²) in [4.78, 5) is 0.0526. The lowest BCUT2D eigenvalue weighted by Crippen LogP contribution is -2.13. The lowest BCUT2D eigenvalue weighted by molar-refractivity contribution is 0.415. The summed E-state index contributed by atoms with van der Waals surface area (Å²) < 4.78 is 31.8. The zero-order valence-corrected chi connectivity index (χ0v) is 12.6. The molecule has 0 saturated heterocycles. The van der Waals surface area contributed by atoms with E-state index < -0.39 is 10.0 Å². The minimum Gasteiger partial charge on any atom is -0.495 e. The Labute approximate surface area is 120 Å². The zero-order valence-electron chi connectivity index (χ0n) is 11.0. The van der Waals surface area contributed by atoms with E-state index in [9.17, 15) is 8.42 Å². The summed E-state index contributed by atoms with van der Waals surface area (Å²) in [5.74, 6) is 0.305. The van der Waals surface area contributed by atoms with Crippen LogP contribution in [0.2, 0.25) is 0 Å². The predicted molar refractivity (Wildman–Crippen MR) is 77.5 cm³/mol. The third kappa shape index (κ3) is 2.99. The number of nitrogens with zero attached hydrogens (tertiary/aromatic N) is 2. The van der Waals surface area contributed by atoms with E-state index in [1.165, 1.54) is 36.6 Å². The van der Waals surface area contributed by atoms with Crippen LogP contribution < -0.4 is 15.2 Å².